The monoisotopic (exact) mass is 346 g/mol. The highest BCUT2D eigenvalue weighted by atomic mass is 16.6. The summed E-state index contributed by atoms with van der Waals surface area (Å²) in [5, 5.41) is 8.06. The molecule has 0 unspecified atom stereocenters. The van der Waals surface area contributed by atoms with Gasteiger partial charge in [0, 0.05) is 19.8 Å². The molecule has 24 heavy (non-hydrogen) atoms. The quantitative estimate of drug-likeness (QED) is 0.776. The van der Waals surface area contributed by atoms with Crippen molar-refractivity contribution in [2.75, 3.05) is 33.0 Å². The minimum Gasteiger partial charge on any atom is -0.451 e. The average Bonchev–Trinajstić information content (AvgIpc) is 2.91. The van der Waals surface area contributed by atoms with E-state index in [1.165, 1.54) is 0 Å². The number of hydrogen-bond donors (Lipinski definition) is 1. The number of hydrogen-bond acceptors (Lipinski definition) is 6. The van der Waals surface area contributed by atoms with Crippen LogP contribution in [0.15, 0.2) is 0 Å². The fourth-order valence-electron chi connectivity index (χ4n) is 1.42. The maximum absolute atomic E-state index is 8.06. The van der Waals surface area contributed by atoms with Crippen molar-refractivity contribution in [3.8, 4) is 0 Å². The second kappa shape index (κ2) is 21.1. The topological polar surface area (TPSA) is 66.4 Å². The minimum atomic E-state index is -0.167. The zero-order valence-corrected chi connectivity index (χ0v) is 16.0. The predicted molar refractivity (Wildman–Crippen MR) is 107 cm³/mol. The molecule has 2 rings (SSSR count). The van der Waals surface area contributed by atoms with Crippen molar-refractivity contribution in [1.29, 1.82) is 0 Å². The van der Waals surface area contributed by atoms with Crippen LogP contribution >= 0.6 is 0 Å². The van der Waals surface area contributed by atoms with E-state index in [1.54, 1.807) is 13.6 Å². The first kappa shape index (κ1) is 28.8. The molecule has 0 aromatic carbocycles. The van der Waals surface area contributed by atoms with Gasteiger partial charge in [-0.3, -0.25) is 0 Å². The van der Waals surface area contributed by atoms with Crippen LogP contribution in [-0.2, 0) is 23.3 Å². The third-order valence-electron chi connectivity index (χ3n) is 2.28. The first-order valence-electron chi connectivity index (χ1n) is 8.55. The molecule has 142 valence electrons. The van der Waals surface area contributed by atoms with E-state index in [0.717, 1.165) is 39.5 Å². The lowest BCUT2D eigenvalue weighted by Crippen LogP contribution is -2.25. The number of rotatable bonds is 2. The Labute approximate surface area is 151 Å². The predicted octanol–water partition coefficient (Wildman–Crippen LogP) is 2.83. The smallest absolute Gasteiger partial charge is 0.451 e. The zero-order valence-electron chi connectivity index (χ0n) is 16.0. The molecule has 2 aliphatic rings. The highest BCUT2D eigenvalue weighted by molar-refractivity contribution is 6.48. The summed E-state index contributed by atoms with van der Waals surface area (Å²) in [6.07, 6.45) is 1.05. The van der Waals surface area contributed by atoms with E-state index in [9.17, 15) is 0 Å². The van der Waals surface area contributed by atoms with Gasteiger partial charge in [-0.25, -0.2) is 0 Å². The van der Waals surface area contributed by atoms with Crippen LogP contribution in [0.25, 0.3) is 0 Å². The maximum atomic E-state index is 8.06. The Morgan fingerprint density at radius 1 is 0.875 bits per heavy atom. The molecule has 1 N–H and O–H groups in total. The van der Waals surface area contributed by atoms with Gasteiger partial charge >= 0.3 is 14.2 Å². The molecule has 10 heteroatoms. The molecule has 2 fully saturated rings. The minimum absolute atomic E-state index is 0. The molecule has 2 saturated heterocycles. The molecule has 0 aromatic rings. The molecule has 0 spiro atoms. The van der Waals surface area contributed by atoms with Gasteiger partial charge in [-0.05, 0) is 27.0 Å². The molecule has 0 atom stereocenters. The van der Waals surface area contributed by atoms with Gasteiger partial charge in [0.05, 0.1) is 13.2 Å². The van der Waals surface area contributed by atoms with E-state index in [4.69, 9.17) is 28.3 Å². The SMILES string of the molecule is C.CB(C)O.CB1OCCCO1.CB1OCCO1.CCOB(C)C. The van der Waals surface area contributed by atoms with Crippen molar-refractivity contribution >= 4 is 28.1 Å². The molecule has 0 amide bonds. The van der Waals surface area contributed by atoms with Crippen LogP contribution in [0.4, 0.5) is 0 Å². The van der Waals surface area contributed by atoms with Gasteiger partial charge in [-0.15, -0.1) is 0 Å². The van der Waals surface area contributed by atoms with Crippen LogP contribution in [-0.4, -0.2) is 66.1 Å². The Bertz CT molecular complexity index is 223. The molecule has 0 aliphatic carbocycles. The van der Waals surface area contributed by atoms with Crippen LogP contribution in [0.2, 0.25) is 40.9 Å². The summed E-state index contributed by atoms with van der Waals surface area (Å²) in [7, 11) is 0.0822. The largest absolute Gasteiger partial charge is 0.453 e. The van der Waals surface area contributed by atoms with Gasteiger partial charge in [0.1, 0.15) is 0 Å². The summed E-state index contributed by atoms with van der Waals surface area (Å²) in [5.41, 5.74) is 0. The highest BCUT2D eigenvalue weighted by Crippen LogP contribution is 1.98. The van der Waals surface area contributed by atoms with Gasteiger partial charge in [-0.1, -0.05) is 34.7 Å². The lowest BCUT2D eigenvalue weighted by Gasteiger charge is -2.15. The molecular weight excluding hydrogens is 307 g/mol. The van der Waals surface area contributed by atoms with Gasteiger partial charge in [-0.2, -0.15) is 0 Å². The molecule has 2 aliphatic heterocycles. The van der Waals surface area contributed by atoms with Gasteiger partial charge in [0.2, 0.25) is 0 Å². The summed E-state index contributed by atoms with van der Waals surface area (Å²) in [6, 6.07) is 0. The van der Waals surface area contributed by atoms with E-state index in [-0.39, 0.29) is 28.6 Å². The van der Waals surface area contributed by atoms with Crippen molar-refractivity contribution in [3.05, 3.63) is 0 Å². The van der Waals surface area contributed by atoms with E-state index in [0.29, 0.717) is 6.92 Å². The second-order valence-corrected chi connectivity index (χ2v) is 5.57. The van der Waals surface area contributed by atoms with E-state index >= 15 is 0 Å². The van der Waals surface area contributed by atoms with Gasteiger partial charge in [0.25, 0.3) is 13.8 Å². The molecular formula is C14H38B4O6. The molecule has 6 nitrogen and oxygen atoms in total. The third kappa shape index (κ3) is 30.0. The standard InChI is InChI=1S/C4H9BO2.C4H11BO.C3H7BO2.C2H7BO.CH4/c1-5-6-3-2-4-7-5;1-4-6-5(2)3;1-4-5-2-3-6-4;1-3(2)4;/h2-4H2,1H3;4H2,1-3H3;2-3H2,1H3;4H,1-2H3;1H4. The Kier molecular flexibility index (Phi) is 25.3. The second-order valence-electron chi connectivity index (χ2n) is 5.57. The summed E-state index contributed by atoms with van der Waals surface area (Å²) in [4.78, 5) is 0. The fraction of sp³-hybridized carbons (Fsp3) is 1.00. The molecule has 0 saturated carbocycles. The average molecular weight is 346 g/mol. The van der Waals surface area contributed by atoms with Crippen LogP contribution < -0.4 is 0 Å². The molecule has 2 heterocycles. The summed E-state index contributed by atoms with van der Waals surface area (Å²) < 4.78 is 25.0. The lowest BCUT2D eigenvalue weighted by atomic mass is 9.75. The third-order valence-corrected chi connectivity index (χ3v) is 2.28. The van der Waals surface area contributed by atoms with Crippen LogP contribution in [0.5, 0.6) is 0 Å². The van der Waals surface area contributed by atoms with Crippen molar-refractivity contribution in [2.45, 2.75) is 61.7 Å². The normalized spacial score (nSPS) is 15.5. The maximum Gasteiger partial charge on any atom is 0.453 e. The van der Waals surface area contributed by atoms with Gasteiger partial charge in [0.15, 0.2) is 0 Å². The summed E-state index contributed by atoms with van der Waals surface area (Å²) in [5.74, 6) is 0. The summed E-state index contributed by atoms with van der Waals surface area (Å²) >= 11 is 0. The fourth-order valence-corrected chi connectivity index (χ4v) is 1.42. The zero-order chi connectivity index (χ0) is 18.1. The van der Waals surface area contributed by atoms with Crippen molar-refractivity contribution < 1.29 is 28.3 Å². The summed E-state index contributed by atoms with van der Waals surface area (Å²) in [6.45, 7) is 17.6. The highest BCUT2D eigenvalue weighted by Gasteiger charge is 2.15. The lowest BCUT2D eigenvalue weighted by molar-refractivity contribution is 0.138. The molecule has 0 radical (unpaired) electrons. The van der Waals surface area contributed by atoms with Crippen molar-refractivity contribution in [3.63, 3.8) is 0 Å². The van der Waals surface area contributed by atoms with Crippen LogP contribution in [0.1, 0.15) is 20.8 Å². The Hall–Kier alpha value is 0.0197. The molecule has 0 aromatic heterocycles. The van der Waals surface area contributed by atoms with E-state index in [1.807, 2.05) is 34.2 Å². The van der Waals surface area contributed by atoms with E-state index in [2.05, 4.69) is 0 Å². The first-order valence-corrected chi connectivity index (χ1v) is 8.55. The van der Waals surface area contributed by atoms with Crippen molar-refractivity contribution in [1.82, 2.24) is 0 Å². The Balaban J connectivity index is -0.000000246. The Morgan fingerprint density at radius 2 is 1.21 bits per heavy atom. The van der Waals surface area contributed by atoms with E-state index < -0.39 is 0 Å². The molecule has 0 bridgehead atoms. The van der Waals surface area contributed by atoms with Crippen LogP contribution in [0.3, 0.4) is 0 Å². The Morgan fingerprint density at radius 3 is 1.29 bits per heavy atom. The first-order chi connectivity index (χ1) is 10.8. The van der Waals surface area contributed by atoms with Crippen molar-refractivity contribution in [2.24, 2.45) is 0 Å². The van der Waals surface area contributed by atoms with Crippen LogP contribution in [0, 0.1) is 0 Å². The van der Waals surface area contributed by atoms with Gasteiger partial charge < -0.3 is 28.3 Å².